The van der Waals surface area contributed by atoms with Crippen molar-refractivity contribution in [1.82, 2.24) is 14.7 Å². The van der Waals surface area contributed by atoms with Crippen molar-refractivity contribution >= 4 is 22.0 Å². The predicted molar refractivity (Wildman–Crippen MR) is 93.2 cm³/mol. The first-order valence-corrected chi connectivity index (χ1v) is 8.82. The van der Waals surface area contributed by atoms with Crippen molar-refractivity contribution in [3.63, 3.8) is 0 Å². The van der Waals surface area contributed by atoms with E-state index in [0.29, 0.717) is 26.1 Å². The smallest absolute Gasteiger partial charge is 0.407 e. The number of halogens is 1. The van der Waals surface area contributed by atoms with Crippen molar-refractivity contribution in [2.24, 2.45) is 0 Å². The van der Waals surface area contributed by atoms with Crippen LogP contribution < -0.4 is 4.74 Å². The summed E-state index contributed by atoms with van der Waals surface area (Å²) in [6.45, 7) is 2.49. The highest BCUT2D eigenvalue weighted by molar-refractivity contribution is 9.10. The highest BCUT2D eigenvalue weighted by atomic mass is 79.9. The van der Waals surface area contributed by atoms with E-state index in [1.165, 1.54) is 4.90 Å². The molecule has 0 fully saturated rings. The number of unbranched alkanes of at least 4 members (excludes halogenated alkanes) is 1. The normalized spacial score (nSPS) is 13.6. The van der Waals surface area contributed by atoms with Crippen molar-refractivity contribution in [2.75, 3.05) is 13.2 Å². The number of hydrogen-bond donors (Lipinski definition) is 1. The van der Waals surface area contributed by atoms with Crippen LogP contribution in [0.4, 0.5) is 4.79 Å². The standard InChI is InChI=1S/C17H20BrN3O3/c18-14-10-19-21(12-14)7-1-2-9-24-16-5-3-4-13-11-20(17(22)23)8-6-15(13)16/h3-5,10,12H,1-2,6-9,11H2,(H,22,23). The quantitative estimate of drug-likeness (QED) is 0.762. The van der Waals surface area contributed by atoms with E-state index in [2.05, 4.69) is 21.0 Å². The van der Waals surface area contributed by atoms with Gasteiger partial charge in [0.25, 0.3) is 0 Å². The van der Waals surface area contributed by atoms with Gasteiger partial charge in [0.1, 0.15) is 5.75 Å². The maximum Gasteiger partial charge on any atom is 0.407 e. The number of hydrogen-bond acceptors (Lipinski definition) is 3. The van der Waals surface area contributed by atoms with Crippen molar-refractivity contribution in [3.8, 4) is 5.75 Å². The summed E-state index contributed by atoms with van der Waals surface area (Å²) in [6.07, 6.45) is 5.53. The summed E-state index contributed by atoms with van der Waals surface area (Å²) in [5.41, 5.74) is 2.19. The molecule has 24 heavy (non-hydrogen) atoms. The highest BCUT2D eigenvalue weighted by Gasteiger charge is 2.22. The molecule has 1 N–H and O–H groups in total. The van der Waals surface area contributed by atoms with Gasteiger partial charge in [-0.25, -0.2) is 4.79 Å². The average molecular weight is 394 g/mol. The molecule has 0 atom stereocenters. The monoisotopic (exact) mass is 393 g/mol. The van der Waals surface area contributed by atoms with E-state index in [0.717, 1.165) is 40.7 Å². The van der Waals surface area contributed by atoms with Gasteiger partial charge in [0.05, 0.1) is 17.3 Å². The second-order valence-corrected chi connectivity index (χ2v) is 6.74. The molecule has 0 aliphatic carbocycles. The zero-order valence-electron chi connectivity index (χ0n) is 13.3. The minimum atomic E-state index is -0.864. The van der Waals surface area contributed by atoms with Gasteiger partial charge in [-0.2, -0.15) is 5.10 Å². The van der Waals surface area contributed by atoms with Crippen molar-refractivity contribution < 1.29 is 14.6 Å². The third-order valence-corrected chi connectivity index (χ3v) is 4.54. The van der Waals surface area contributed by atoms with E-state index >= 15 is 0 Å². The van der Waals surface area contributed by atoms with Crippen LogP contribution >= 0.6 is 15.9 Å². The topological polar surface area (TPSA) is 67.6 Å². The van der Waals surface area contributed by atoms with E-state index in [4.69, 9.17) is 9.84 Å². The van der Waals surface area contributed by atoms with E-state index in [-0.39, 0.29) is 0 Å². The molecule has 2 aromatic rings. The van der Waals surface area contributed by atoms with Gasteiger partial charge >= 0.3 is 6.09 Å². The molecule has 1 amide bonds. The lowest BCUT2D eigenvalue weighted by Gasteiger charge is -2.27. The summed E-state index contributed by atoms with van der Waals surface area (Å²) in [5, 5.41) is 13.3. The molecule has 6 nitrogen and oxygen atoms in total. The first-order valence-electron chi connectivity index (χ1n) is 8.03. The molecule has 0 saturated heterocycles. The van der Waals surface area contributed by atoms with Gasteiger partial charge < -0.3 is 14.7 Å². The Kier molecular flexibility index (Phi) is 5.40. The molecular weight excluding hydrogens is 374 g/mol. The minimum Gasteiger partial charge on any atom is -0.493 e. The summed E-state index contributed by atoms with van der Waals surface area (Å²) >= 11 is 3.39. The van der Waals surface area contributed by atoms with E-state index in [1.807, 2.05) is 29.1 Å². The van der Waals surface area contributed by atoms with Crippen molar-refractivity contribution in [1.29, 1.82) is 0 Å². The molecule has 0 bridgehead atoms. The van der Waals surface area contributed by atoms with Gasteiger partial charge in [0.2, 0.25) is 0 Å². The maximum absolute atomic E-state index is 11.1. The molecule has 1 aliphatic rings. The molecule has 128 valence electrons. The summed E-state index contributed by atoms with van der Waals surface area (Å²) < 4.78 is 8.84. The van der Waals surface area contributed by atoms with Gasteiger partial charge in [0.15, 0.2) is 0 Å². The zero-order chi connectivity index (χ0) is 16.9. The molecule has 0 saturated carbocycles. The van der Waals surface area contributed by atoms with Gasteiger partial charge in [-0.1, -0.05) is 12.1 Å². The van der Waals surface area contributed by atoms with Gasteiger partial charge in [-0.05, 0) is 46.8 Å². The Balaban J connectivity index is 1.49. The first-order chi connectivity index (χ1) is 11.6. The first kappa shape index (κ1) is 16.8. The van der Waals surface area contributed by atoms with Gasteiger partial charge in [-0.15, -0.1) is 0 Å². The van der Waals surface area contributed by atoms with Crippen LogP contribution in [0.3, 0.4) is 0 Å². The Bertz CT molecular complexity index is 717. The zero-order valence-corrected chi connectivity index (χ0v) is 14.9. The van der Waals surface area contributed by atoms with Crippen LogP contribution in [0.15, 0.2) is 35.1 Å². The second-order valence-electron chi connectivity index (χ2n) is 5.83. The molecular formula is C17H20BrN3O3. The third-order valence-electron chi connectivity index (χ3n) is 4.13. The van der Waals surface area contributed by atoms with Crippen LogP contribution in [0.1, 0.15) is 24.0 Å². The number of fused-ring (bicyclic) bond motifs is 1. The molecule has 1 aromatic carbocycles. The van der Waals surface area contributed by atoms with Crippen LogP contribution in [0.2, 0.25) is 0 Å². The minimum absolute atomic E-state index is 0.441. The summed E-state index contributed by atoms with van der Waals surface area (Å²) in [4.78, 5) is 12.5. The Morgan fingerprint density at radius 3 is 3.00 bits per heavy atom. The lowest BCUT2D eigenvalue weighted by atomic mass is 9.99. The van der Waals surface area contributed by atoms with Gasteiger partial charge in [0, 0.05) is 31.4 Å². The molecule has 1 aliphatic heterocycles. The Morgan fingerprint density at radius 1 is 1.38 bits per heavy atom. The Morgan fingerprint density at radius 2 is 2.25 bits per heavy atom. The molecule has 3 rings (SSSR count). The fourth-order valence-corrected chi connectivity index (χ4v) is 3.22. The molecule has 0 radical (unpaired) electrons. The maximum atomic E-state index is 11.1. The SMILES string of the molecule is O=C(O)N1CCc2c(cccc2OCCCCn2cc(Br)cn2)C1. The number of aromatic nitrogens is 2. The number of amides is 1. The third kappa shape index (κ3) is 4.08. The van der Waals surface area contributed by atoms with Crippen LogP contribution in [0.5, 0.6) is 5.75 Å². The van der Waals surface area contributed by atoms with Crippen molar-refractivity contribution in [2.45, 2.75) is 32.4 Å². The highest BCUT2D eigenvalue weighted by Crippen LogP contribution is 2.28. The lowest BCUT2D eigenvalue weighted by Crippen LogP contribution is -2.34. The second kappa shape index (κ2) is 7.70. The van der Waals surface area contributed by atoms with Crippen LogP contribution in [-0.4, -0.2) is 39.0 Å². The molecule has 0 spiro atoms. The molecule has 2 heterocycles. The number of nitrogens with zero attached hydrogens (tertiary/aromatic N) is 3. The summed E-state index contributed by atoms with van der Waals surface area (Å²) in [5.74, 6) is 0.888. The number of carboxylic acid groups (broad SMARTS) is 1. The van der Waals surface area contributed by atoms with E-state index in [9.17, 15) is 4.79 Å². The number of rotatable bonds is 6. The number of benzene rings is 1. The number of ether oxygens (including phenoxy) is 1. The fourth-order valence-electron chi connectivity index (χ4n) is 2.89. The van der Waals surface area contributed by atoms with Crippen molar-refractivity contribution in [3.05, 3.63) is 46.2 Å². The molecule has 1 aromatic heterocycles. The van der Waals surface area contributed by atoms with Crippen LogP contribution in [0, 0.1) is 0 Å². The number of aryl methyl sites for hydroxylation is 1. The van der Waals surface area contributed by atoms with E-state index < -0.39 is 6.09 Å². The molecule has 0 unspecified atom stereocenters. The van der Waals surface area contributed by atoms with Gasteiger partial charge in [-0.3, -0.25) is 4.68 Å². The molecule has 7 heteroatoms. The summed E-state index contributed by atoms with van der Waals surface area (Å²) in [7, 11) is 0. The predicted octanol–water partition coefficient (Wildman–Crippen LogP) is 3.54. The Hall–Kier alpha value is -2.02. The largest absolute Gasteiger partial charge is 0.493 e. The fraction of sp³-hybridized carbons (Fsp3) is 0.412. The number of carbonyl (C=O) groups is 1. The van der Waals surface area contributed by atoms with Crippen LogP contribution in [0.25, 0.3) is 0 Å². The van der Waals surface area contributed by atoms with E-state index in [1.54, 1.807) is 6.20 Å². The Labute approximate surface area is 149 Å². The average Bonchev–Trinajstić information content (AvgIpc) is 2.99. The van der Waals surface area contributed by atoms with Crippen LogP contribution in [-0.2, 0) is 19.5 Å². The summed E-state index contributed by atoms with van der Waals surface area (Å²) in [6, 6.07) is 5.88. The lowest BCUT2D eigenvalue weighted by molar-refractivity contribution is 0.139.